The Morgan fingerprint density at radius 2 is 2.04 bits per heavy atom. The van der Waals surface area contributed by atoms with Crippen molar-refractivity contribution >= 4 is 39.8 Å². The number of hydrogen-bond donors (Lipinski definition) is 1. The average molecular weight is 387 g/mol. The van der Waals surface area contributed by atoms with Crippen molar-refractivity contribution in [3.05, 3.63) is 81.9 Å². The quantitative estimate of drug-likeness (QED) is 0.680. The maximum atomic E-state index is 12.9. The van der Waals surface area contributed by atoms with E-state index in [2.05, 4.69) is 4.98 Å². The summed E-state index contributed by atoms with van der Waals surface area (Å²) in [5.74, 6) is -1.81. The van der Waals surface area contributed by atoms with E-state index in [1.54, 1.807) is 41.9 Å². The third kappa shape index (κ3) is 2.61. The molecule has 2 aromatic heterocycles. The highest BCUT2D eigenvalue weighted by Gasteiger charge is 2.46. The highest BCUT2D eigenvalue weighted by atomic mass is 35.5. The predicted molar refractivity (Wildman–Crippen MR) is 96.5 cm³/mol. The summed E-state index contributed by atoms with van der Waals surface area (Å²) in [6, 6.07) is 8.94. The monoisotopic (exact) mass is 386 g/mol. The minimum atomic E-state index is -0.830. The lowest BCUT2D eigenvalue weighted by atomic mass is 9.95. The Bertz CT molecular complexity index is 995. The van der Waals surface area contributed by atoms with Crippen molar-refractivity contribution in [2.75, 3.05) is 4.90 Å². The van der Waals surface area contributed by atoms with Crippen LogP contribution in [0.25, 0.3) is 0 Å². The summed E-state index contributed by atoms with van der Waals surface area (Å²) in [6.07, 6.45) is 2.91. The lowest BCUT2D eigenvalue weighted by Crippen LogP contribution is -2.30. The molecule has 0 saturated carbocycles. The molecule has 0 aliphatic carbocycles. The first-order valence-electron chi connectivity index (χ1n) is 7.58. The Hall–Kier alpha value is -2.90. The van der Waals surface area contributed by atoms with Crippen LogP contribution in [0.15, 0.2) is 70.0 Å². The van der Waals surface area contributed by atoms with Gasteiger partial charge in [0.25, 0.3) is 5.91 Å². The lowest BCUT2D eigenvalue weighted by molar-refractivity contribution is -0.117. The van der Waals surface area contributed by atoms with Gasteiger partial charge in [-0.3, -0.25) is 14.5 Å². The van der Waals surface area contributed by atoms with Crippen molar-refractivity contribution in [1.82, 2.24) is 4.98 Å². The summed E-state index contributed by atoms with van der Waals surface area (Å²) in [5.41, 5.74) is 0.569. The molecule has 0 saturated heterocycles. The van der Waals surface area contributed by atoms with Crippen molar-refractivity contribution in [2.45, 2.75) is 6.04 Å². The van der Waals surface area contributed by atoms with Crippen LogP contribution in [0, 0.1) is 0 Å². The summed E-state index contributed by atoms with van der Waals surface area (Å²) in [5, 5.41) is 13.1. The standard InChI is InChI=1S/C18H11ClN2O4S/c19-11-5-3-10(4-6-11)14-13(15(22)12-2-1-8-25-12)16(23)17(24)21(14)18-20-7-9-26-18/h1-9,14,23H. The maximum Gasteiger partial charge on any atom is 0.296 e. The number of aromatic nitrogens is 1. The fourth-order valence-electron chi connectivity index (χ4n) is 2.87. The molecule has 26 heavy (non-hydrogen) atoms. The largest absolute Gasteiger partial charge is 0.503 e. The van der Waals surface area contributed by atoms with Crippen LogP contribution in [0.2, 0.25) is 5.02 Å². The number of thiazole rings is 1. The van der Waals surface area contributed by atoms with Crippen molar-refractivity contribution in [3.63, 3.8) is 0 Å². The van der Waals surface area contributed by atoms with E-state index in [1.165, 1.54) is 28.6 Å². The molecule has 1 unspecified atom stereocenters. The van der Waals surface area contributed by atoms with E-state index in [9.17, 15) is 14.7 Å². The topological polar surface area (TPSA) is 83.6 Å². The lowest BCUT2D eigenvalue weighted by Gasteiger charge is -2.24. The number of aliphatic hydroxyl groups excluding tert-OH is 1. The smallest absolute Gasteiger partial charge is 0.296 e. The molecule has 4 rings (SSSR count). The van der Waals surface area contributed by atoms with Crippen molar-refractivity contribution in [3.8, 4) is 0 Å². The van der Waals surface area contributed by atoms with Crippen LogP contribution in [-0.2, 0) is 4.79 Å². The van der Waals surface area contributed by atoms with Gasteiger partial charge in [0.1, 0.15) is 0 Å². The fourth-order valence-corrected chi connectivity index (χ4v) is 3.66. The van der Waals surface area contributed by atoms with Crippen molar-refractivity contribution in [1.29, 1.82) is 0 Å². The number of Topliss-reactive ketones (excluding diaryl/α,β-unsaturated/α-hetero) is 1. The summed E-state index contributed by atoms with van der Waals surface area (Å²) < 4.78 is 5.16. The van der Waals surface area contributed by atoms with Gasteiger partial charge in [-0.25, -0.2) is 4.98 Å². The third-order valence-electron chi connectivity index (χ3n) is 4.01. The Balaban J connectivity index is 1.88. The van der Waals surface area contributed by atoms with E-state index >= 15 is 0 Å². The fraction of sp³-hybridized carbons (Fsp3) is 0.0556. The number of amides is 1. The average Bonchev–Trinajstić information content (AvgIpc) is 3.38. The molecule has 0 fully saturated rings. The molecule has 0 bridgehead atoms. The zero-order valence-corrected chi connectivity index (χ0v) is 14.7. The highest BCUT2D eigenvalue weighted by Crippen LogP contribution is 2.42. The van der Waals surface area contributed by atoms with Crippen LogP contribution in [0.1, 0.15) is 22.2 Å². The van der Waals surface area contributed by atoms with E-state index < -0.39 is 23.5 Å². The first-order valence-corrected chi connectivity index (χ1v) is 8.83. The van der Waals surface area contributed by atoms with Gasteiger partial charge in [-0.05, 0) is 29.8 Å². The molecule has 1 aliphatic rings. The number of anilines is 1. The Labute approximate surface area is 157 Å². The molecule has 1 aliphatic heterocycles. The summed E-state index contributed by atoms with van der Waals surface area (Å²) in [7, 11) is 0. The maximum absolute atomic E-state index is 12.9. The molecule has 1 atom stereocenters. The third-order valence-corrected chi connectivity index (χ3v) is 5.03. The molecule has 0 radical (unpaired) electrons. The summed E-state index contributed by atoms with van der Waals surface area (Å²) in [4.78, 5) is 31.1. The van der Waals surface area contributed by atoms with Crippen LogP contribution in [0.4, 0.5) is 5.13 Å². The molecule has 8 heteroatoms. The molecule has 130 valence electrons. The summed E-state index contributed by atoms with van der Waals surface area (Å²) in [6.45, 7) is 0. The second-order valence-corrected chi connectivity index (χ2v) is 6.82. The molecule has 3 heterocycles. The molecular formula is C18H11ClN2O4S. The van der Waals surface area contributed by atoms with Crippen LogP contribution in [0.3, 0.4) is 0 Å². The minimum Gasteiger partial charge on any atom is -0.503 e. The number of carbonyl (C=O) groups is 2. The SMILES string of the molecule is O=C(C1=C(O)C(=O)N(c2nccs2)C1c1ccc(Cl)cc1)c1ccco1. The van der Waals surface area contributed by atoms with Gasteiger partial charge >= 0.3 is 0 Å². The molecule has 1 N–H and O–H groups in total. The van der Waals surface area contributed by atoms with Gasteiger partial charge in [-0.2, -0.15) is 0 Å². The Kier molecular flexibility index (Phi) is 4.10. The van der Waals surface area contributed by atoms with Gasteiger partial charge in [0.05, 0.1) is 17.9 Å². The number of aliphatic hydroxyl groups is 1. The van der Waals surface area contributed by atoms with E-state index in [1.807, 2.05) is 0 Å². The highest BCUT2D eigenvalue weighted by molar-refractivity contribution is 7.13. The van der Waals surface area contributed by atoms with Crippen LogP contribution < -0.4 is 4.90 Å². The van der Waals surface area contributed by atoms with E-state index in [4.69, 9.17) is 16.0 Å². The predicted octanol–water partition coefficient (Wildman–Crippen LogP) is 4.17. The summed E-state index contributed by atoms with van der Waals surface area (Å²) >= 11 is 7.19. The van der Waals surface area contributed by atoms with Gasteiger partial charge in [0, 0.05) is 16.6 Å². The molecular weight excluding hydrogens is 376 g/mol. The first-order chi connectivity index (χ1) is 12.6. The molecule has 1 amide bonds. The second kappa shape index (κ2) is 6.44. The second-order valence-electron chi connectivity index (χ2n) is 5.51. The number of benzene rings is 1. The first kappa shape index (κ1) is 16.6. The molecule has 3 aromatic rings. The van der Waals surface area contributed by atoms with Crippen LogP contribution in [0.5, 0.6) is 0 Å². The van der Waals surface area contributed by atoms with Crippen LogP contribution in [-0.4, -0.2) is 21.8 Å². The van der Waals surface area contributed by atoms with E-state index in [-0.39, 0.29) is 11.3 Å². The molecule has 6 nitrogen and oxygen atoms in total. The molecule has 0 spiro atoms. The van der Waals surface area contributed by atoms with E-state index in [0.717, 1.165) is 0 Å². The number of carbonyl (C=O) groups excluding carboxylic acids is 2. The normalized spacial score (nSPS) is 17.2. The molecule has 1 aromatic carbocycles. The zero-order valence-electron chi connectivity index (χ0n) is 13.1. The van der Waals surface area contributed by atoms with Gasteiger partial charge in [-0.1, -0.05) is 23.7 Å². The minimum absolute atomic E-state index is 0.0410. The Morgan fingerprint density at radius 1 is 1.27 bits per heavy atom. The van der Waals surface area contributed by atoms with Crippen molar-refractivity contribution < 1.29 is 19.1 Å². The number of halogens is 1. The number of rotatable bonds is 4. The van der Waals surface area contributed by atoms with Gasteiger partial charge in [-0.15, -0.1) is 11.3 Å². The number of hydrogen-bond acceptors (Lipinski definition) is 6. The van der Waals surface area contributed by atoms with E-state index in [0.29, 0.717) is 15.7 Å². The number of nitrogens with zero attached hydrogens (tertiary/aromatic N) is 2. The number of furan rings is 1. The Morgan fingerprint density at radius 3 is 2.65 bits per heavy atom. The van der Waals surface area contributed by atoms with Crippen molar-refractivity contribution in [2.24, 2.45) is 0 Å². The number of ketones is 1. The van der Waals surface area contributed by atoms with Gasteiger partial charge in [0.15, 0.2) is 16.7 Å². The zero-order chi connectivity index (χ0) is 18.3. The van der Waals surface area contributed by atoms with Gasteiger partial charge < -0.3 is 9.52 Å². The van der Waals surface area contributed by atoms with Crippen LogP contribution >= 0.6 is 22.9 Å². The van der Waals surface area contributed by atoms with Gasteiger partial charge in [0.2, 0.25) is 5.78 Å².